The van der Waals surface area contributed by atoms with Gasteiger partial charge in [0.15, 0.2) is 0 Å². The first-order valence-electron chi connectivity index (χ1n) is 8.67. The Morgan fingerprint density at radius 1 is 0.960 bits per heavy atom. The molecule has 3 aromatic rings. The summed E-state index contributed by atoms with van der Waals surface area (Å²) in [5, 5.41) is 0.957. The fraction of sp³-hybridized carbons (Fsp3) is 0.333. The first-order chi connectivity index (χ1) is 11.7. The van der Waals surface area contributed by atoms with Crippen LogP contribution in [0.5, 0.6) is 0 Å². The van der Waals surface area contributed by atoms with E-state index in [0.29, 0.717) is 4.90 Å². The van der Waals surface area contributed by atoms with Gasteiger partial charge in [-0.25, -0.2) is 12.4 Å². The first kappa shape index (κ1) is 16.4. The Morgan fingerprint density at radius 2 is 1.60 bits per heavy atom. The summed E-state index contributed by atoms with van der Waals surface area (Å²) in [5.74, 6) is 0. The van der Waals surface area contributed by atoms with Crippen molar-refractivity contribution < 1.29 is 8.42 Å². The number of rotatable bonds is 3. The van der Waals surface area contributed by atoms with E-state index in [9.17, 15) is 8.42 Å². The van der Waals surface area contributed by atoms with Crippen LogP contribution in [0.25, 0.3) is 10.9 Å². The van der Waals surface area contributed by atoms with Crippen molar-refractivity contribution in [1.82, 2.24) is 3.97 Å². The number of benzene rings is 2. The Kier molecular flexibility index (Phi) is 3.42. The molecule has 1 fully saturated rings. The van der Waals surface area contributed by atoms with Gasteiger partial charge in [0.2, 0.25) is 0 Å². The summed E-state index contributed by atoms with van der Waals surface area (Å²) < 4.78 is 28.2. The van der Waals surface area contributed by atoms with E-state index in [1.54, 1.807) is 6.20 Å². The third kappa shape index (κ3) is 2.51. The van der Waals surface area contributed by atoms with E-state index in [0.717, 1.165) is 27.6 Å². The fourth-order valence-corrected chi connectivity index (χ4v) is 5.60. The van der Waals surface area contributed by atoms with E-state index in [1.165, 1.54) is 22.4 Å². The molecule has 0 N–H and O–H groups in total. The van der Waals surface area contributed by atoms with Crippen molar-refractivity contribution in [3.05, 3.63) is 64.8 Å². The van der Waals surface area contributed by atoms with Crippen LogP contribution in [0.15, 0.2) is 47.5 Å². The highest BCUT2D eigenvalue weighted by Crippen LogP contribution is 2.48. The highest BCUT2D eigenvalue weighted by molar-refractivity contribution is 7.90. The fourth-order valence-electron chi connectivity index (χ4n) is 3.84. The van der Waals surface area contributed by atoms with Crippen molar-refractivity contribution >= 4 is 20.9 Å². The molecule has 0 saturated heterocycles. The average Bonchev–Trinajstić information content (AvgIpc) is 3.11. The minimum absolute atomic E-state index is 0.211. The molecule has 130 valence electrons. The summed E-state index contributed by atoms with van der Waals surface area (Å²) in [6.45, 7) is 7.97. The normalized spacial score (nSPS) is 16.3. The molecule has 0 spiro atoms. The Hall–Kier alpha value is -2.07. The molecular weight excluding hydrogens is 330 g/mol. The van der Waals surface area contributed by atoms with Crippen LogP contribution in [0.3, 0.4) is 0 Å². The van der Waals surface area contributed by atoms with Gasteiger partial charge in [0.25, 0.3) is 10.0 Å². The summed E-state index contributed by atoms with van der Waals surface area (Å²) >= 11 is 0. The lowest BCUT2D eigenvalue weighted by molar-refractivity contribution is 0.587. The lowest BCUT2D eigenvalue weighted by atomic mass is 9.98. The Labute approximate surface area is 149 Å². The highest BCUT2D eigenvalue weighted by atomic mass is 32.2. The van der Waals surface area contributed by atoms with E-state index in [2.05, 4.69) is 19.1 Å². The summed E-state index contributed by atoms with van der Waals surface area (Å²) in [6, 6.07) is 12.0. The minimum Gasteiger partial charge on any atom is -0.241 e. The molecule has 25 heavy (non-hydrogen) atoms. The van der Waals surface area contributed by atoms with Gasteiger partial charge in [0, 0.05) is 11.6 Å². The molecular formula is C21H23NO2S. The maximum Gasteiger partial charge on any atom is 0.268 e. The number of hydrogen-bond donors (Lipinski definition) is 0. The Morgan fingerprint density at radius 3 is 2.20 bits per heavy atom. The van der Waals surface area contributed by atoms with E-state index in [-0.39, 0.29) is 5.41 Å². The van der Waals surface area contributed by atoms with Gasteiger partial charge >= 0.3 is 0 Å². The summed E-state index contributed by atoms with van der Waals surface area (Å²) in [6.07, 6.45) is 4.02. The molecule has 1 aromatic heterocycles. The van der Waals surface area contributed by atoms with Crippen molar-refractivity contribution in [2.75, 3.05) is 0 Å². The molecule has 1 aliphatic carbocycles. The van der Waals surface area contributed by atoms with Gasteiger partial charge in [-0.1, -0.05) is 36.8 Å². The molecule has 4 heteroatoms. The van der Waals surface area contributed by atoms with Crippen molar-refractivity contribution in [1.29, 1.82) is 0 Å². The molecule has 4 rings (SSSR count). The molecule has 1 heterocycles. The van der Waals surface area contributed by atoms with E-state index >= 15 is 0 Å². The molecule has 0 aliphatic heterocycles. The smallest absolute Gasteiger partial charge is 0.241 e. The van der Waals surface area contributed by atoms with Gasteiger partial charge in [0.05, 0.1) is 10.4 Å². The Balaban J connectivity index is 1.95. The van der Waals surface area contributed by atoms with E-state index in [1.807, 2.05) is 45.0 Å². The van der Waals surface area contributed by atoms with E-state index in [4.69, 9.17) is 0 Å². The van der Waals surface area contributed by atoms with Crippen molar-refractivity contribution in [3.63, 3.8) is 0 Å². The first-order valence-corrected chi connectivity index (χ1v) is 10.1. The minimum atomic E-state index is -3.63. The number of nitrogens with zero attached hydrogens (tertiary/aromatic N) is 1. The summed E-state index contributed by atoms with van der Waals surface area (Å²) in [5.41, 5.74) is 4.88. The second-order valence-electron chi connectivity index (χ2n) is 7.68. The molecule has 0 radical (unpaired) electrons. The van der Waals surface area contributed by atoms with Crippen LogP contribution < -0.4 is 0 Å². The molecule has 0 bridgehead atoms. The van der Waals surface area contributed by atoms with Crippen molar-refractivity contribution in [2.24, 2.45) is 0 Å². The standard InChI is InChI=1S/C21H23NO2S/c1-14-11-15(2)20(16(3)12-14)25(23,24)22-10-7-17-5-6-18(13-19(17)22)21(4)8-9-21/h5-7,10-13H,8-9H2,1-4H3. The molecule has 0 unspecified atom stereocenters. The van der Waals surface area contributed by atoms with Crippen LogP contribution in [0.1, 0.15) is 42.0 Å². The average molecular weight is 353 g/mol. The van der Waals surface area contributed by atoms with Gasteiger partial charge < -0.3 is 0 Å². The monoisotopic (exact) mass is 353 g/mol. The predicted octanol–water partition coefficient (Wildman–Crippen LogP) is 4.86. The third-order valence-electron chi connectivity index (χ3n) is 5.48. The highest BCUT2D eigenvalue weighted by Gasteiger charge is 2.39. The SMILES string of the molecule is Cc1cc(C)c(S(=O)(=O)n2ccc3ccc(C4(C)CC4)cc32)c(C)c1. The third-order valence-corrected chi connectivity index (χ3v) is 7.47. The zero-order valence-electron chi connectivity index (χ0n) is 15.1. The molecule has 2 aromatic carbocycles. The maximum atomic E-state index is 13.4. The lowest BCUT2D eigenvalue weighted by Gasteiger charge is -2.15. The van der Waals surface area contributed by atoms with Gasteiger partial charge in [0.1, 0.15) is 0 Å². The molecule has 0 amide bonds. The van der Waals surface area contributed by atoms with Crippen LogP contribution in [0, 0.1) is 20.8 Å². The van der Waals surface area contributed by atoms with Crippen LogP contribution >= 0.6 is 0 Å². The van der Waals surface area contributed by atoms with E-state index < -0.39 is 10.0 Å². The van der Waals surface area contributed by atoms with Gasteiger partial charge in [-0.05, 0) is 67.9 Å². The number of hydrogen-bond acceptors (Lipinski definition) is 2. The zero-order chi connectivity index (χ0) is 18.0. The predicted molar refractivity (Wildman–Crippen MR) is 102 cm³/mol. The van der Waals surface area contributed by atoms with Crippen molar-refractivity contribution in [3.8, 4) is 0 Å². The second-order valence-corrected chi connectivity index (χ2v) is 9.43. The number of aromatic nitrogens is 1. The molecule has 0 atom stereocenters. The van der Waals surface area contributed by atoms with Crippen LogP contribution in [0.2, 0.25) is 0 Å². The number of aryl methyl sites for hydroxylation is 3. The van der Waals surface area contributed by atoms with Gasteiger partial charge in [-0.2, -0.15) is 0 Å². The van der Waals surface area contributed by atoms with Gasteiger partial charge in [-0.3, -0.25) is 0 Å². The topological polar surface area (TPSA) is 39.1 Å². The molecule has 1 aliphatic rings. The lowest BCUT2D eigenvalue weighted by Crippen LogP contribution is -2.15. The summed E-state index contributed by atoms with van der Waals surface area (Å²) in [7, 11) is -3.63. The largest absolute Gasteiger partial charge is 0.268 e. The van der Waals surface area contributed by atoms with Crippen LogP contribution in [-0.2, 0) is 15.4 Å². The molecule has 3 nitrogen and oxygen atoms in total. The maximum absolute atomic E-state index is 13.4. The van der Waals surface area contributed by atoms with Gasteiger partial charge in [-0.15, -0.1) is 0 Å². The zero-order valence-corrected chi connectivity index (χ0v) is 15.9. The van der Waals surface area contributed by atoms with Crippen molar-refractivity contribution in [2.45, 2.75) is 50.8 Å². The van der Waals surface area contributed by atoms with Crippen LogP contribution in [-0.4, -0.2) is 12.4 Å². The quantitative estimate of drug-likeness (QED) is 0.675. The number of fused-ring (bicyclic) bond motifs is 1. The second kappa shape index (κ2) is 5.21. The van der Waals surface area contributed by atoms with Crippen LogP contribution in [0.4, 0.5) is 0 Å². The summed E-state index contributed by atoms with van der Waals surface area (Å²) in [4.78, 5) is 0.415. The Bertz CT molecular complexity index is 1080. The molecule has 1 saturated carbocycles.